The standard InChI is InChI=1S/C44H52N4O5.Mg/c1-10-13-14-15-23(4)18-19-53-37(49)17-16-30-26(7)33-20-31-24(5)28(11-2)35(45-31)21-32-25(6)29(12-3)36(46-32)22-34-27(8)38-42(48-34)39(41(30)47-33)40(43(38)50)44(51)52-9;/h11,18,20-22,26,30,40H,2,10,12-17,19H2,1,3-9H3,(H2,47,48,50);/q-2;+2/p-1/b23-18+,32-21-,33-20-,36-22-;/t26-,30-,40+;/m0./s1. The number of unbranched alkanes of at least 4 members (excludes halogenated alkanes) is 2. The van der Waals surface area contributed by atoms with Crippen LogP contribution in [0.4, 0.5) is 0 Å². The van der Waals surface area contributed by atoms with Crippen LogP contribution in [0.5, 0.6) is 0 Å². The molecule has 0 spiro atoms. The maximum Gasteiger partial charge on any atom is 2.00 e. The van der Waals surface area contributed by atoms with Crippen molar-refractivity contribution in [3.05, 3.63) is 96.5 Å². The first-order valence-electron chi connectivity index (χ1n) is 18.9. The number of Topliss-reactive ketones (excluding diaryl/α,β-unsaturated/α-hetero) is 1. The van der Waals surface area contributed by atoms with Crippen LogP contribution in [-0.2, 0) is 25.5 Å². The molecule has 9 nitrogen and oxygen atoms in total. The summed E-state index contributed by atoms with van der Waals surface area (Å²) < 4.78 is 10.9. The molecular formula is C44H51MgN4O5-. The van der Waals surface area contributed by atoms with E-state index >= 15 is 0 Å². The molecule has 54 heavy (non-hydrogen) atoms. The van der Waals surface area contributed by atoms with Crippen molar-refractivity contribution in [2.24, 2.45) is 17.8 Å². The second kappa shape index (κ2) is 17.0. The van der Waals surface area contributed by atoms with E-state index in [1.54, 1.807) is 0 Å². The normalized spacial score (nSPS) is 22.3. The maximum absolute atomic E-state index is 14.3. The summed E-state index contributed by atoms with van der Waals surface area (Å²) >= 11 is 0. The summed E-state index contributed by atoms with van der Waals surface area (Å²) in [6, 6.07) is 0. The Morgan fingerprint density at radius 3 is 2.35 bits per heavy atom. The molecule has 3 atom stereocenters. The molecule has 5 heterocycles. The first kappa shape index (κ1) is 40.9. The monoisotopic (exact) mass is 739 g/mol. The van der Waals surface area contributed by atoms with Gasteiger partial charge in [-0.05, 0) is 70.6 Å². The molecule has 8 bridgehead atoms. The number of carbonyl (C=O) groups excluding carboxylic acids is 3. The number of hydrogen-bond donors (Lipinski definition) is 1. The van der Waals surface area contributed by atoms with E-state index in [0.29, 0.717) is 40.2 Å². The number of ether oxygens (including phenoxy) is 2. The van der Waals surface area contributed by atoms with E-state index in [9.17, 15) is 14.4 Å². The van der Waals surface area contributed by atoms with Crippen LogP contribution in [0.25, 0.3) is 29.9 Å². The second-order valence-electron chi connectivity index (χ2n) is 14.6. The number of methoxy groups -OCH3 is 1. The number of esters is 2. The summed E-state index contributed by atoms with van der Waals surface area (Å²) in [6.45, 7) is 18.8. The Morgan fingerprint density at radius 1 is 0.944 bits per heavy atom. The van der Waals surface area contributed by atoms with Crippen LogP contribution in [0, 0.1) is 38.5 Å². The number of ketones is 1. The third-order valence-electron chi connectivity index (χ3n) is 11.4. The number of carbonyl (C=O) groups is 3. The topological polar surface area (TPSA) is 124 Å². The van der Waals surface area contributed by atoms with E-state index in [1.165, 1.54) is 19.1 Å². The molecule has 3 aromatic heterocycles. The molecule has 3 aromatic rings. The van der Waals surface area contributed by atoms with Crippen molar-refractivity contribution in [3.63, 3.8) is 0 Å². The third kappa shape index (κ3) is 7.52. The van der Waals surface area contributed by atoms with Crippen LogP contribution in [0.3, 0.4) is 0 Å². The number of nitrogens with zero attached hydrogens (tertiary/aromatic N) is 3. The predicted octanol–water partition coefficient (Wildman–Crippen LogP) is 5.72. The van der Waals surface area contributed by atoms with Gasteiger partial charge in [0, 0.05) is 35.2 Å². The molecule has 0 unspecified atom stereocenters. The average Bonchev–Trinajstić information content (AvgIpc) is 3.87. The van der Waals surface area contributed by atoms with E-state index in [0.717, 1.165) is 75.7 Å². The molecule has 3 aliphatic rings. The fraction of sp³-hybridized carbons (Fsp3) is 0.432. The van der Waals surface area contributed by atoms with Crippen LogP contribution in [-0.4, -0.2) is 54.5 Å². The van der Waals surface area contributed by atoms with Crippen LogP contribution >= 0.6 is 0 Å². The van der Waals surface area contributed by atoms with Crippen LogP contribution < -0.4 is 31.0 Å². The van der Waals surface area contributed by atoms with Crippen molar-refractivity contribution in [1.82, 2.24) is 20.3 Å². The van der Waals surface area contributed by atoms with E-state index < -0.39 is 11.9 Å². The Labute approximate surface area is 334 Å². The van der Waals surface area contributed by atoms with Crippen molar-refractivity contribution in [2.45, 2.75) is 93.4 Å². The second-order valence-corrected chi connectivity index (χ2v) is 14.6. The van der Waals surface area contributed by atoms with Gasteiger partial charge in [-0.3, -0.25) is 14.4 Å². The molecule has 2 aliphatic heterocycles. The van der Waals surface area contributed by atoms with Gasteiger partial charge in [0.2, 0.25) is 0 Å². The van der Waals surface area contributed by atoms with E-state index in [4.69, 9.17) is 24.4 Å². The number of hydrogen-bond acceptors (Lipinski definition) is 6. The minimum Gasteiger partial charge on any atom is -0.657 e. The molecule has 0 aromatic carbocycles. The summed E-state index contributed by atoms with van der Waals surface area (Å²) in [6.07, 6.45) is 15.6. The van der Waals surface area contributed by atoms with Gasteiger partial charge in [0.1, 0.15) is 12.5 Å². The van der Waals surface area contributed by atoms with Gasteiger partial charge in [-0.15, -0.1) is 33.5 Å². The Balaban J connectivity index is 0.00000561. The maximum atomic E-state index is 14.3. The molecule has 1 aliphatic carbocycles. The van der Waals surface area contributed by atoms with Crippen molar-refractivity contribution >= 4 is 70.7 Å². The quantitative estimate of drug-likeness (QED) is 0.0817. The van der Waals surface area contributed by atoms with Gasteiger partial charge >= 0.3 is 35.0 Å². The first-order valence-corrected chi connectivity index (χ1v) is 18.9. The Morgan fingerprint density at radius 2 is 1.67 bits per heavy atom. The average molecular weight is 740 g/mol. The smallest absolute Gasteiger partial charge is 0.657 e. The predicted molar refractivity (Wildman–Crippen MR) is 214 cm³/mol. The van der Waals surface area contributed by atoms with Crippen molar-refractivity contribution in [3.8, 4) is 0 Å². The molecule has 1 saturated heterocycles. The largest absolute Gasteiger partial charge is 2.00 e. The van der Waals surface area contributed by atoms with Crippen LogP contribution in [0.2, 0.25) is 0 Å². The van der Waals surface area contributed by atoms with Crippen molar-refractivity contribution in [1.29, 1.82) is 0 Å². The number of allylic oxidation sites excluding steroid dienone is 3. The van der Waals surface area contributed by atoms with Gasteiger partial charge < -0.3 is 29.7 Å². The number of fused-ring (bicyclic) bond motifs is 7. The van der Waals surface area contributed by atoms with Gasteiger partial charge in [-0.2, -0.15) is 0 Å². The summed E-state index contributed by atoms with van der Waals surface area (Å²) in [5, 5.41) is 5.24. The molecule has 280 valence electrons. The molecule has 0 amide bonds. The summed E-state index contributed by atoms with van der Waals surface area (Å²) in [4.78, 5) is 56.1. The van der Waals surface area contributed by atoms with Gasteiger partial charge in [0.25, 0.3) is 0 Å². The van der Waals surface area contributed by atoms with Crippen molar-refractivity contribution < 1.29 is 23.9 Å². The van der Waals surface area contributed by atoms with Crippen LogP contribution in [0.15, 0.2) is 29.6 Å². The first-order chi connectivity index (χ1) is 25.4. The van der Waals surface area contributed by atoms with E-state index in [-0.39, 0.29) is 59.7 Å². The fourth-order valence-electron chi connectivity index (χ4n) is 8.13. The summed E-state index contributed by atoms with van der Waals surface area (Å²) in [5.74, 6) is -2.83. The minimum atomic E-state index is -1.18. The number of nitrogens with one attached hydrogen (secondary N) is 1. The zero-order valence-electron chi connectivity index (χ0n) is 33.1. The van der Waals surface area contributed by atoms with E-state index in [1.807, 2.05) is 44.2 Å². The molecule has 1 fully saturated rings. The summed E-state index contributed by atoms with van der Waals surface area (Å²) in [5.41, 5.74) is 11.1. The Bertz CT molecular complexity index is 2210. The van der Waals surface area contributed by atoms with Gasteiger partial charge in [0.05, 0.1) is 7.11 Å². The zero-order chi connectivity index (χ0) is 38.1. The van der Waals surface area contributed by atoms with Crippen molar-refractivity contribution in [2.75, 3.05) is 13.7 Å². The van der Waals surface area contributed by atoms with Crippen LogP contribution in [0.1, 0.15) is 127 Å². The van der Waals surface area contributed by atoms with E-state index in [2.05, 4.69) is 46.5 Å². The number of aromatic nitrogens is 3. The molecule has 0 radical (unpaired) electrons. The van der Waals surface area contributed by atoms with Gasteiger partial charge in [-0.25, -0.2) is 0 Å². The molecule has 0 saturated carbocycles. The number of rotatable bonds is 12. The molecular weight excluding hydrogens is 689 g/mol. The molecule has 10 heteroatoms. The summed E-state index contributed by atoms with van der Waals surface area (Å²) in [7, 11) is 1.30. The van der Waals surface area contributed by atoms with Gasteiger partial charge in [-0.1, -0.05) is 92.3 Å². The SMILES string of the molecule is C=Cc1c2[n-]c(c1C)/C=C1\N/C(=C3\c4[n-]c(c(C)c4C(=O)[C@@H]3C(=O)OC)/C=c3\[n-]/c(c(C)c3CC)=C\2)[C@@H](CCC(=O)OC/C=C(\C)CCCCC)[C@@H]1C.[Mg+2]. The van der Waals surface area contributed by atoms with Gasteiger partial charge in [0.15, 0.2) is 5.78 Å². The minimum absolute atomic E-state index is 0. The zero-order valence-corrected chi connectivity index (χ0v) is 34.5. The molecule has 6 rings (SSSR count). The fourth-order valence-corrected chi connectivity index (χ4v) is 8.13. The Hall–Kier alpha value is -4.28. The molecule has 1 N–H and O–H groups in total. The Kier molecular flexibility index (Phi) is 12.9. The third-order valence-corrected chi connectivity index (χ3v) is 11.4.